The highest BCUT2D eigenvalue weighted by molar-refractivity contribution is 7.90. The lowest BCUT2D eigenvalue weighted by molar-refractivity contribution is -0.384. The molecule has 1 aromatic carbocycles. The van der Waals surface area contributed by atoms with Gasteiger partial charge in [-0.05, 0) is 12.1 Å². The van der Waals surface area contributed by atoms with Gasteiger partial charge in [-0.2, -0.15) is 0 Å². The van der Waals surface area contributed by atoms with Gasteiger partial charge in [0, 0.05) is 18.4 Å². The second kappa shape index (κ2) is 4.26. The molecule has 0 aromatic heterocycles. The van der Waals surface area contributed by atoms with Gasteiger partial charge in [-0.1, -0.05) is 0 Å². The zero-order chi connectivity index (χ0) is 11.5. The molecule has 1 rings (SSSR count). The molecular weight excluding hydrogens is 222 g/mol. The van der Waals surface area contributed by atoms with Gasteiger partial charge in [-0.15, -0.1) is 0 Å². The van der Waals surface area contributed by atoms with E-state index in [0.29, 0.717) is 0 Å². The van der Waals surface area contributed by atoms with Crippen LogP contribution in [0.15, 0.2) is 24.3 Å². The smallest absolute Gasteiger partial charge is 0.269 e. The van der Waals surface area contributed by atoms with Crippen molar-refractivity contribution in [3.63, 3.8) is 0 Å². The molecule has 0 aliphatic rings. The Hall–Kier alpha value is -1.63. The number of nitro groups is 1. The van der Waals surface area contributed by atoms with Gasteiger partial charge in [0.15, 0.2) is 15.8 Å². The number of ether oxygens (including phenoxy) is 1. The molecule has 0 saturated carbocycles. The number of nitrogens with zero attached hydrogens (tertiary/aromatic N) is 1. The van der Waals surface area contributed by atoms with E-state index in [1.165, 1.54) is 24.3 Å². The van der Waals surface area contributed by atoms with Crippen LogP contribution in [0.2, 0.25) is 0 Å². The SMILES string of the molecule is CS(=O)(=O)COc1ccc([N+](=O)[O-])cc1. The summed E-state index contributed by atoms with van der Waals surface area (Å²) >= 11 is 0. The third-order valence-corrected chi connectivity index (χ3v) is 2.03. The number of non-ortho nitro benzene ring substituents is 1. The van der Waals surface area contributed by atoms with Crippen LogP contribution in [0.4, 0.5) is 5.69 Å². The van der Waals surface area contributed by atoms with Crippen molar-refractivity contribution >= 4 is 15.5 Å². The molecule has 0 unspecified atom stereocenters. The molecule has 6 nitrogen and oxygen atoms in total. The first-order valence-corrected chi connectivity index (χ1v) is 5.99. The van der Waals surface area contributed by atoms with Gasteiger partial charge in [-0.3, -0.25) is 10.1 Å². The minimum atomic E-state index is -3.20. The quantitative estimate of drug-likeness (QED) is 0.569. The number of hydrogen-bond acceptors (Lipinski definition) is 5. The Balaban J connectivity index is 2.69. The summed E-state index contributed by atoms with van der Waals surface area (Å²) in [6.45, 7) is 0. The van der Waals surface area contributed by atoms with Crippen LogP contribution in [0.25, 0.3) is 0 Å². The predicted octanol–water partition coefficient (Wildman–Crippen LogP) is 0.976. The summed E-state index contributed by atoms with van der Waals surface area (Å²) in [6, 6.07) is 5.20. The van der Waals surface area contributed by atoms with Crippen molar-refractivity contribution in [3.05, 3.63) is 34.4 Å². The lowest BCUT2D eigenvalue weighted by Gasteiger charge is -2.03. The Morgan fingerprint density at radius 1 is 1.33 bits per heavy atom. The topological polar surface area (TPSA) is 86.5 Å². The van der Waals surface area contributed by atoms with E-state index in [2.05, 4.69) is 0 Å². The van der Waals surface area contributed by atoms with Crippen molar-refractivity contribution in [1.29, 1.82) is 0 Å². The molecule has 82 valence electrons. The van der Waals surface area contributed by atoms with Crippen molar-refractivity contribution < 1.29 is 18.1 Å². The predicted molar refractivity (Wildman–Crippen MR) is 53.4 cm³/mol. The van der Waals surface area contributed by atoms with Gasteiger partial charge in [0.25, 0.3) is 5.69 Å². The third kappa shape index (κ3) is 3.94. The maximum Gasteiger partial charge on any atom is 0.269 e. The van der Waals surface area contributed by atoms with Crippen molar-refractivity contribution in [2.75, 3.05) is 12.2 Å². The van der Waals surface area contributed by atoms with Gasteiger partial charge >= 0.3 is 0 Å². The first-order valence-electron chi connectivity index (χ1n) is 3.93. The van der Waals surface area contributed by atoms with Gasteiger partial charge in [0.1, 0.15) is 5.75 Å². The number of rotatable bonds is 4. The molecule has 0 spiro atoms. The van der Waals surface area contributed by atoms with Crippen LogP contribution in [-0.4, -0.2) is 25.5 Å². The molecule has 0 amide bonds. The molecular formula is C8H9NO5S. The maximum absolute atomic E-state index is 10.7. The highest BCUT2D eigenvalue weighted by Crippen LogP contribution is 2.17. The zero-order valence-electron chi connectivity index (χ0n) is 7.91. The Bertz CT molecular complexity index is 450. The monoisotopic (exact) mass is 231 g/mol. The van der Waals surface area contributed by atoms with Crippen molar-refractivity contribution in [2.45, 2.75) is 0 Å². The summed E-state index contributed by atoms with van der Waals surface area (Å²) in [5.41, 5.74) is -0.0679. The van der Waals surface area contributed by atoms with Gasteiger partial charge in [0.05, 0.1) is 4.92 Å². The van der Waals surface area contributed by atoms with Crippen molar-refractivity contribution in [3.8, 4) is 5.75 Å². The van der Waals surface area contributed by atoms with Crippen LogP contribution in [0.3, 0.4) is 0 Å². The molecule has 0 heterocycles. The number of benzene rings is 1. The molecule has 1 aromatic rings. The summed E-state index contributed by atoms with van der Waals surface area (Å²) in [5, 5.41) is 10.3. The van der Waals surface area contributed by atoms with Gasteiger partial charge < -0.3 is 4.74 Å². The Kier molecular flexibility index (Phi) is 3.25. The van der Waals surface area contributed by atoms with Crippen LogP contribution in [0.1, 0.15) is 0 Å². The highest BCUT2D eigenvalue weighted by atomic mass is 32.2. The van der Waals surface area contributed by atoms with E-state index in [1.807, 2.05) is 0 Å². The molecule has 0 aliphatic heterocycles. The lowest BCUT2D eigenvalue weighted by Crippen LogP contribution is -2.09. The summed E-state index contributed by atoms with van der Waals surface area (Å²) < 4.78 is 26.4. The average molecular weight is 231 g/mol. The Morgan fingerprint density at radius 3 is 2.27 bits per heavy atom. The van der Waals surface area contributed by atoms with Crippen LogP contribution < -0.4 is 4.74 Å². The largest absolute Gasteiger partial charge is 0.478 e. The van der Waals surface area contributed by atoms with Crippen molar-refractivity contribution in [2.24, 2.45) is 0 Å². The summed E-state index contributed by atoms with van der Waals surface area (Å²) in [6.07, 6.45) is 1.04. The molecule has 0 N–H and O–H groups in total. The Morgan fingerprint density at radius 2 is 1.87 bits per heavy atom. The maximum atomic E-state index is 10.7. The third-order valence-electron chi connectivity index (χ3n) is 1.49. The number of hydrogen-bond donors (Lipinski definition) is 0. The second-order valence-corrected chi connectivity index (χ2v) is 5.03. The normalized spacial score (nSPS) is 11.0. The van der Waals surface area contributed by atoms with E-state index >= 15 is 0 Å². The molecule has 0 fully saturated rings. The molecule has 7 heteroatoms. The summed E-state index contributed by atoms with van der Waals surface area (Å²) in [4.78, 5) is 9.76. The molecule has 0 atom stereocenters. The van der Waals surface area contributed by atoms with Gasteiger partial charge in [-0.25, -0.2) is 8.42 Å². The molecule has 0 radical (unpaired) electrons. The minimum Gasteiger partial charge on any atom is -0.478 e. The van der Waals surface area contributed by atoms with Crippen LogP contribution in [0, 0.1) is 10.1 Å². The molecule has 0 saturated heterocycles. The average Bonchev–Trinajstić information content (AvgIpc) is 2.14. The molecule has 0 aliphatic carbocycles. The minimum absolute atomic E-state index is 0.0679. The van der Waals surface area contributed by atoms with E-state index < -0.39 is 20.7 Å². The van der Waals surface area contributed by atoms with Crippen molar-refractivity contribution in [1.82, 2.24) is 0 Å². The van der Waals surface area contributed by atoms with E-state index in [-0.39, 0.29) is 11.4 Å². The molecule has 0 bridgehead atoms. The summed E-state index contributed by atoms with van der Waals surface area (Å²) in [5.74, 6) is -0.156. The first-order chi connectivity index (χ1) is 6.88. The lowest BCUT2D eigenvalue weighted by atomic mass is 10.3. The van der Waals surface area contributed by atoms with Crippen LogP contribution in [-0.2, 0) is 9.84 Å². The fourth-order valence-corrected chi connectivity index (χ4v) is 1.19. The van der Waals surface area contributed by atoms with Gasteiger partial charge in [0.2, 0.25) is 0 Å². The van der Waals surface area contributed by atoms with E-state index in [4.69, 9.17) is 4.74 Å². The zero-order valence-corrected chi connectivity index (χ0v) is 8.73. The highest BCUT2D eigenvalue weighted by Gasteiger charge is 2.06. The molecule has 15 heavy (non-hydrogen) atoms. The van der Waals surface area contributed by atoms with E-state index in [0.717, 1.165) is 6.26 Å². The standard InChI is InChI=1S/C8H9NO5S/c1-15(12,13)6-14-8-4-2-7(3-5-8)9(10)11/h2-5H,6H2,1H3. The fraction of sp³-hybridized carbons (Fsp3) is 0.250. The number of nitro benzene ring substituents is 1. The first kappa shape index (κ1) is 11.4. The second-order valence-electron chi connectivity index (χ2n) is 2.94. The van der Waals surface area contributed by atoms with Crippen LogP contribution >= 0.6 is 0 Å². The van der Waals surface area contributed by atoms with E-state index in [1.54, 1.807) is 0 Å². The number of sulfone groups is 1. The summed E-state index contributed by atoms with van der Waals surface area (Å²) in [7, 11) is -3.20. The van der Waals surface area contributed by atoms with E-state index in [9.17, 15) is 18.5 Å². The van der Waals surface area contributed by atoms with Crippen LogP contribution in [0.5, 0.6) is 5.75 Å². The Labute approximate surface area is 86.6 Å². The fourth-order valence-electron chi connectivity index (χ4n) is 0.839.